The molecule has 1 aromatic carbocycles. The summed E-state index contributed by atoms with van der Waals surface area (Å²) in [5.74, 6) is 0.499. The van der Waals surface area contributed by atoms with Crippen molar-refractivity contribution in [3.05, 3.63) is 41.1 Å². The number of nitrogens with one attached hydrogen (secondary N) is 1. The molecule has 0 spiro atoms. The number of carbonyl (C=O) groups excluding carboxylic acids is 1. The van der Waals surface area contributed by atoms with Crippen LogP contribution in [-0.4, -0.2) is 47.5 Å². The number of hydrogen-bond donors (Lipinski definition) is 1. The summed E-state index contributed by atoms with van der Waals surface area (Å²) >= 11 is 0. The van der Waals surface area contributed by atoms with Gasteiger partial charge in [0, 0.05) is 18.7 Å². The maximum absolute atomic E-state index is 12.5. The van der Waals surface area contributed by atoms with E-state index in [1.807, 2.05) is 36.1 Å². The molecule has 2 aromatic rings. The number of anilines is 1. The fraction of sp³-hybridized carbons (Fsp3) is 0.357. The van der Waals surface area contributed by atoms with Crippen molar-refractivity contribution >= 4 is 11.6 Å². The number of aromatic amines is 1. The Hall–Kier alpha value is -2.21. The molecule has 1 N–H and O–H groups in total. The molecular formula is C14H16N4O2. The van der Waals surface area contributed by atoms with E-state index in [0.29, 0.717) is 30.3 Å². The number of rotatable bonds is 3. The third-order valence-corrected chi connectivity index (χ3v) is 3.37. The maximum Gasteiger partial charge on any atom is 0.217 e. The number of hydrogen-bond acceptors (Lipinski definition) is 5. The van der Waals surface area contributed by atoms with Gasteiger partial charge in [-0.25, -0.2) is 0 Å². The van der Waals surface area contributed by atoms with E-state index in [2.05, 4.69) is 15.4 Å². The third-order valence-electron chi connectivity index (χ3n) is 3.37. The standard InChI is InChI=1S/C14H16N4O2/c1-10-2-4-11(5-3-10)13(19)12-14(16-17-15-12)18-6-8-20-9-7-18/h2-5H,6-9H2,1H3,(H,15,16,17). The van der Waals surface area contributed by atoms with E-state index in [0.717, 1.165) is 18.7 Å². The minimum Gasteiger partial charge on any atom is -0.378 e. The number of ketones is 1. The number of aromatic nitrogens is 3. The molecule has 104 valence electrons. The van der Waals surface area contributed by atoms with Crippen LogP contribution in [0.1, 0.15) is 21.6 Å². The Bertz CT molecular complexity index is 600. The highest BCUT2D eigenvalue weighted by Gasteiger charge is 2.23. The topological polar surface area (TPSA) is 71.1 Å². The first-order valence-electron chi connectivity index (χ1n) is 6.60. The Labute approximate surface area is 116 Å². The van der Waals surface area contributed by atoms with E-state index < -0.39 is 0 Å². The molecule has 6 nitrogen and oxygen atoms in total. The highest BCUT2D eigenvalue weighted by atomic mass is 16.5. The largest absolute Gasteiger partial charge is 0.378 e. The molecule has 1 aliphatic rings. The lowest BCUT2D eigenvalue weighted by molar-refractivity contribution is 0.103. The number of carbonyl (C=O) groups is 1. The predicted octanol–water partition coefficient (Wildman–Crippen LogP) is 1.18. The Morgan fingerprint density at radius 2 is 1.90 bits per heavy atom. The van der Waals surface area contributed by atoms with Gasteiger partial charge in [0.25, 0.3) is 0 Å². The number of H-pyrrole nitrogens is 1. The molecule has 0 bridgehead atoms. The number of ether oxygens (including phenoxy) is 1. The van der Waals surface area contributed by atoms with Gasteiger partial charge in [-0.1, -0.05) is 29.8 Å². The van der Waals surface area contributed by atoms with Crippen molar-refractivity contribution in [2.75, 3.05) is 31.2 Å². The van der Waals surface area contributed by atoms with Crippen LogP contribution in [0.3, 0.4) is 0 Å². The van der Waals surface area contributed by atoms with E-state index in [9.17, 15) is 4.79 Å². The SMILES string of the molecule is Cc1ccc(C(=O)c2n[nH]nc2N2CCOCC2)cc1. The van der Waals surface area contributed by atoms with Gasteiger partial charge in [0.2, 0.25) is 5.78 Å². The fourth-order valence-electron chi connectivity index (χ4n) is 2.21. The molecule has 2 heterocycles. The van der Waals surface area contributed by atoms with E-state index in [1.54, 1.807) is 0 Å². The molecule has 1 aliphatic heterocycles. The second kappa shape index (κ2) is 5.42. The molecule has 0 radical (unpaired) electrons. The third kappa shape index (κ3) is 2.42. The number of benzene rings is 1. The van der Waals surface area contributed by atoms with Crippen molar-refractivity contribution < 1.29 is 9.53 Å². The molecule has 1 saturated heterocycles. The maximum atomic E-state index is 12.5. The van der Waals surface area contributed by atoms with Crippen LogP contribution >= 0.6 is 0 Å². The number of morpholine rings is 1. The van der Waals surface area contributed by atoms with E-state index >= 15 is 0 Å². The molecular weight excluding hydrogens is 256 g/mol. The lowest BCUT2D eigenvalue weighted by Crippen LogP contribution is -2.37. The van der Waals surface area contributed by atoms with Crippen LogP contribution in [0.4, 0.5) is 5.82 Å². The molecule has 3 rings (SSSR count). The van der Waals surface area contributed by atoms with E-state index in [1.165, 1.54) is 0 Å². The average molecular weight is 272 g/mol. The Kier molecular flexibility index (Phi) is 3.47. The molecule has 20 heavy (non-hydrogen) atoms. The van der Waals surface area contributed by atoms with Gasteiger partial charge >= 0.3 is 0 Å². The summed E-state index contributed by atoms with van der Waals surface area (Å²) in [4.78, 5) is 14.5. The minimum atomic E-state index is -0.111. The molecule has 1 fully saturated rings. The molecule has 1 aromatic heterocycles. The lowest BCUT2D eigenvalue weighted by atomic mass is 10.1. The Morgan fingerprint density at radius 3 is 2.60 bits per heavy atom. The quantitative estimate of drug-likeness (QED) is 0.850. The van der Waals surface area contributed by atoms with Crippen molar-refractivity contribution in [1.29, 1.82) is 0 Å². The van der Waals surface area contributed by atoms with Gasteiger partial charge in [-0.3, -0.25) is 4.79 Å². The first-order chi connectivity index (χ1) is 9.75. The van der Waals surface area contributed by atoms with Crippen LogP contribution in [0.2, 0.25) is 0 Å². The Morgan fingerprint density at radius 1 is 1.20 bits per heavy atom. The second-order valence-electron chi connectivity index (χ2n) is 4.79. The summed E-state index contributed by atoms with van der Waals surface area (Å²) in [7, 11) is 0. The zero-order valence-electron chi connectivity index (χ0n) is 11.3. The van der Waals surface area contributed by atoms with Gasteiger partial charge in [0.05, 0.1) is 13.2 Å². The van der Waals surface area contributed by atoms with Crippen molar-refractivity contribution in [2.24, 2.45) is 0 Å². The van der Waals surface area contributed by atoms with Crippen molar-refractivity contribution in [3.8, 4) is 0 Å². The monoisotopic (exact) mass is 272 g/mol. The van der Waals surface area contributed by atoms with Gasteiger partial charge in [0.15, 0.2) is 11.5 Å². The molecule has 6 heteroatoms. The minimum absolute atomic E-state index is 0.111. The van der Waals surface area contributed by atoms with Crippen LogP contribution < -0.4 is 4.90 Å². The average Bonchev–Trinajstić information content (AvgIpc) is 2.97. The Balaban J connectivity index is 1.88. The summed E-state index contributed by atoms with van der Waals surface area (Å²) in [6, 6.07) is 7.47. The summed E-state index contributed by atoms with van der Waals surface area (Å²) in [6.45, 7) is 4.72. The van der Waals surface area contributed by atoms with Crippen molar-refractivity contribution in [1.82, 2.24) is 15.4 Å². The van der Waals surface area contributed by atoms with Gasteiger partial charge < -0.3 is 9.64 Å². The smallest absolute Gasteiger partial charge is 0.217 e. The van der Waals surface area contributed by atoms with Gasteiger partial charge in [-0.15, -0.1) is 5.10 Å². The number of aryl methyl sites for hydroxylation is 1. The summed E-state index contributed by atoms with van der Waals surface area (Å²) in [6.07, 6.45) is 0. The van der Waals surface area contributed by atoms with Gasteiger partial charge in [0.1, 0.15) is 0 Å². The lowest BCUT2D eigenvalue weighted by Gasteiger charge is -2.26. The van der Waals surface area contributed by atoms with E-state index in [-0.39, 0.29) is 5.78 Å². The van der Waals surface area contributed by atoms with Crippen LogP contribution in [0.25, 0.3) is 0 Å². The second-order valence-corrected chi connectivity index (χ2v) is 4.79. The van der Waals surface area contributed by atoms with Crippen LogP contribution in [0.5, 0.6) is 0 Å². The summed E-state index contributed by atoms with van der Waals surface area (Å²) < 4.78 is 5.31. The van der Waals surface area contributed by atoms with Crippen molar-refractivity contribution in [3.63, 3.8) is 0 Å². The molecule has 0 atom stereocenters. The highest BCUT2D eigenvalue weighted by molar-refractivity contribution is 6.10. The highest BCUT2D eigenvalue weighted by Crippen LogP contribution is 2.19. The van der Waals surface area contributed by atoms with Crippen LogP contribution in [0.15, 0.2) is 24.3 Å². The molecule has 0 aliphatic carbocycles. The first-order valence-corrected chi connectivity index (χ1v) is 6.60. The van der Waals surface area contributed by atoms with Crippen molar-refractivity contribution in [2.45, 2.75) is 6.92 Å². The molecule has 0 saturated carbocycles. The van der Waals surface area contributed by atoms with Crippen LogP contribution in [-0.2, 0) is 4.74 Å². The van der Waals surface area contributed by atoms with Gasteiger partial charge in [-0.05, 0) is 6.92 Å². The predicted molar refractivity (Wildman–Crippen MR) is 74.0 cm³/mol. The molecule has 0 unspecified atom stereocenters. The zero-order chi connectivity index (χ0) is 13.9. The number of nitrogens with zero attached hydrogens (tertiary/aromatic N) is 3. The fourth-order valence-corrected chi connectivity index (χ4v) is 2.21. The summed E-state index contributed by atoms with van der Waals surface area (Å²) in [5, 5.41) is 10.7. The zero-order valence-corrected chi connectivity index (χ0v) is 11.3. The first kappa shape index (κ1) is 12.8. The summed E-state index contributed by atoms with van der Waals surface area (Å²) in [5.41, 5.74) is 2.12. The van der Waals surface area contributed by atoms with Gasteiger partial charge in [-0.2, -0.15) is 10.3 Å². The van der Waals surface area contributed by atoms with E-state index in [4.69, 9.17) is 4.74 Å². The van der Waals surface area contributed by atoms with Crippen LogP contribution in [0, 0.1) is 6.92 Å². The normalized spacial score (nSPS) is 15.3. The molecule has 0 amide bonds.